The molecule has 1 aromatic heterocycles. The van der Waals surface area contributed by atoms with Gasteiger partial charge in [-0.05, 0) is 42.3 Å². The lowest BCUT2D eigenvalue weighted by Gasteiger charge is -2.08. The Morgan fingerprint density at radius 2 is 1.72 bits per heavy atom. The molecule has 8 heteroatoms. The Balaban J connectivity index is 1.59. The van der Waals surface area contributed by atoms with Crippen LogP contribution in [0.4, 0.5) is 17.5 Å². The van der Waals surface area contributed by atoms with Crippen molar-refractivity contribution >= 4 is 52.3 Å². The van der Waals surface area contributed by atoms with Gasteiger partial charge in [-0.1, -0.05) is 46.9 Å². The summed E-state index contributed by atoms with van der Waals surface area (Å²) in [6.07, 6.45) is 2.36. The van der Waals surface area contributed by atoms with E-state index in [0.29, 0.717) is 28.4 Å². The van der Waals surface area contributed by atoms with Crippen LogP contribution in [-0.4, -0.2) is 21.7 Å². The zero-order chi connectivity index (χ0) is 17.6. The lowest BCUT2D eigenvalue weighted by molar-refractivity contribution is 0.929. The van der Waals surface area contributed by atoms with Crippen molar-refractivity contribution in [3.05, 3.63) is 69.3 Å². The topological polar surface area (TPSA) is 62.7 Å². The Morgan fingerprint density at radius 3 is 2.48 bits per heavy atom. The summed E-state index contributed by atoms with van der Waals surface area (Å²) >= 11 is 17.8. The third-order valence-corrected chi connectivity index (χ3v) is 4.35. The first-order chi connectivity index (χ1) is 12.1. The Hall–Kier alpha value is -2.08. The minimum absolute atomic E-state index is 0.444. The van der Waals surface area contributed by atoms with E-state index in [1.807, 2.05) is 30.3 Å². The molecule has 0 saturated carbocycles. The monoisotopic (exact) mass is 393 g/mol. The number of benzene rings is 2. The molecule has 5 nitrogen and oxygen atoms in total. The van der Waals surface area contributed by atoms with Crippen molar-refractivity contribution in [1.82, 2.24) is 15.2 Å². The van der Waals surface area contributed by atoms with Crippen molar-refractivity contribution in [2.24, 2.45) is 0 Å². The molecule has 0 radical (unpaired) electrons. The third-order valence-electron chi connectivity index (χ3n) is 3.36. The average Bonchev–Trinajstić information content (AvgIpc) is 2.60. The van der Waals surface area contributed by atoms with Gasteiger partial charge in [0.05, 0.1) is 16.2 Å². The van der Waals surface area contributed by atoms with E-state index in [-0.39, 0.29) is 0 Å². The molecule has 0 aliphatic heterocycles. The van der Waals surface area contributed by atoms with Crippen molar-refractivity contribution in [3.63, 3.8) is 0 Å². The minimum atomic E-state index is 0.444. The number of hydrogen-bond acceptors (Lipinski definition) is 5. The largest absolute Gasteiger partial charge is 0.353 e. The number of hydrogen-bond donors (Lipinski definition) is 2. The summed E-state index contributed by atoms with van der Waals surface area (Å²) in [6, 6.07) is 13.0. The van der Waals surface area contributed by atoms with Gasteiger partial charge in [-0.15, -0.1) is 5.10 Å². The van der Waals surface area contributed by atoms with Gasteiger partial charge in [-0.2, -0.15) is 10.1 Å². The molecule has 0 spiro atoms. The summed E-state index contributed by atoms with van der Waals surface area (Å²) in [5.74, 6) is 1.00. The van der Waals surface area contributed by atoms with Crippen molar-refractivity contribution in [2.75, 3.05) is 17.2 Å². The van der Waals surface area contributed by atoms with Crippen LogP contribution in [0.2, 0.25) is 15.1 Å². The molecule has 128 valence electrons. The van der Waals surface area contributed by atoms with Crippen molar-refractivity contribution in [3.8, 4) is 0 Å². The first-order valence-corrected chi connectivity index (χ1v) is 8.64. The number of halogens is 3. The highest BCUT2D eigenvalue weighted by Crippen LogP contribution is 2.26. The van der Waals surface area contributed by atoms with Crippen molar-refractivity contribution < 1.29 is 0 Å². The van der Waals surface area contributed by atoms with Crippen LogP contribution in [0, 0.1) is 0 Å². The number of nitrogens with one attached hydrogen (secondary N) is 2. The number of nitrogens with zero attached hydrogens (tertiary/aromatic N) is 3. The van der Waals surface area contributed by atoms with E-state index in [9.17, 15) is 0 Å². The molecule has 25 heavy (non-hydrogen) atoms. The van der Waals surface area contributed by atoms with E-state index in [2.05, 4.69) is 25.8 Å². The molecular weight excluding hydrogens is 381 g/mol. The molecule has 0 aliphatic rings. The highest BCUT2D eigenvalue weighted by molar-refractivity contribution is 6.42. The van der Waals surface area contributed by atoms with Crippen LogP contribution in [0.1, 0.15) is 5.56 Å². The second-order valence-corrected chi connectivity index (χ2v) is 6.47. The van der Waals surface area contributed by atoms with Crippen LogP contribution in [-0.2, 0) is 6.42 Å². The molecule has 1 heterocycles. The standard InChI is InChI=1S/C17H14Cl3N5/c18-12-3-1-11(2-4-12)7-8-21-17-24-16(10-22-25-17)23-13-5-6-14(19)15(20)9-13/h1-6,9-10H,7-8H2,(H2,21,23,24,25). The third kappa shape index (κ3) is 5.19. The second kappa shape index (κ2) is 8.34. The van der Waals surface area contributed by atoms with E-state index >= 15 is 0 Å². The molecule has 0 aliphatic carbocycles. The average molecular weight is 395 g/mol. The van der Waals surface area contributed by atoms with Crippen LogP contribution in [0.5, 0.6) is 0 Å². The van der Waals surface area contributed by atoms with Crippen LogP contribution < -0.4 is 10.6 Å². The van der Waals surface area contributed by atoms with Crippen molar-refractivity contribution in [1.29, 1.82) is 0 Å². The van der Waals surface area contributed by atoms with Gasteiger partial charge in [0.15, 0.2) is 5.82 Å². The fraction of sp³-hybridized carbons (Fsp3) is 0.118. The Morgan fingerprint density at radius 1 is 0.920 bits per heavy atom. The van der Waals surface area contributed by atoms with Crippen molar-refractivity contribution in [2.45, 2.75) is 6.42 Å². The fourth-order valence-corrected chi connectivity index (χ4v) is 2.55. The van der Waals surface area contributed by atoms with Crippen LogP contribution in [0.15, 0.2) is 48.7 Å². The molecule has 0 bridgehead atoms. The van der Waals surface area contributed by atoms with E-state index in [1.165, 1.54) is 11.8 Å². The van der Waals surface area contributed by atoms with Gasteiger partial charge in [0.25, 0.3) is 0 Å². The Bertz CT molecular complexity index is 855. The van der Waals surface area contributed by atoms with E-state index in [0.717, 1.165) is 17.1 Å². The summed E-state index contributed by atoms with van der Waals surface area (Å²) in [5.41, 5.74) is 1.94. The first-order valence-electron chi connectivity index (χ1n) is 7.50. The van der Waals surface area contributed by atoms with Crippen LogP contribution in [0.3, 0.4) is 0 Å². The minimum Gasteiger partial charge on any atom is -0.353 e. The maximum Gasteiger partial charge on any atom is 0.244 e. The van der Waals surface area contributed by atoms with E-state index in [4.69, 9.17) is 34.8 Å². The lowest BCUT2D eigenvalue weighted by atomic mass is 10.1. The molecule has 2 aromatic carbocycles. The van der Waals surface area contributed by atoms with E-state index in [1.54, 1.807) is 12.1 Å². The van der Waals surface area contributed by atoms with Gasteiger partial charge >= 0.3 is 0 Å². The molecule has 3 rings (SSSR count). The quantitative estimate of drug-likeness (QED) is 0.599. The van der Waals surface area contributed by atoms with Crippen LogP contribution >= 0.6 is 34.8 Å². The van der Waals surface area contributed by atoms with Gasteiger partial charge in [0, 0.05) is 17.3 Å². The zero-order valence-corrected chi connectivity index (χ0v) is 15.3. The predicted octanol–water partition coefficient (Wildman–Crippen LogP) is 5.23. The van der Waals surface area contributed by atoms with Gasteiger partial charge in [-0.3, -0.25) is 0 Å². The van der Waals surface area contributed by atoms with Gasteiger partial charge in [0.2, 0.25) is 5.95 Å². The summed E-state index contributed by atoms with van der Waals surface area (Å²) < 4.78 is 0. The van der Waals surface area contributed by atoms with E-state index < -0.39 is 0 Å². The second-order valence-electron chi connectivity index (χ2n) is 5.22. The van der Waals surface area contributed by atoms with Crippen LogP contribution in [0.25, 0.3) is 0 Å². The molecule has 0 unspecified atom stereocenters. The zero-order valence-electron chi connectivity index (χ0n) is 13.0. The highest BCUT2D eigenvalue weighted by Gasteiger charge is 2.04. The molecule has 0 saturated heterocycles. The van der Waals surface area contributed by atoms with Gasteiger partial charge in [-0.25, -0.2) is 0 Å². The molecular formula is C17H14Cl3N5. The lowest BCUT2D eigenvalue weighted by Crippen LogP contribution is -2.09. The SMILES string of the molecule is Clc1ccc(CCNc2nncc(Nc3ccc(Cl)c(Cl)c3)n2)cc1. The molecule has 0 atom stereocenters. The molecule has 0 amide bonds. The smallest absolute Gasteiger partial charge is 0.244 e. The Kier molecular flexibility index (Phi) is 5.91. The summed E-state index contributed by atoms with van der Waals surface area (Å²) in [7, 11) is 0. The highest BCUT2D eigenvalue weighted by atomic mass is 35.5. The fourth-order valence-electron chi connectivity index (χ4n) is 2.13. The number of aromatic nitrogens is 3. The molecule has 3 aromatic rings. The molecule has 2 N–H and O–H groups in total. The summed E-state index contributed by atoms with van der Waals surface area (Å²) in [5, 5.41) is 15.9. The first kappa shape index (κ1) is 17.7. The maximum absolute atomic E-state index is 6.01. The number of rotatable bonds is 6. The van der Waals surface area contributed by atoms with Gasteiger partial charge < -0.3 is 10.6 Å². The normalized spacial score (nSPS) is 10.5. The predicted molar refractivity (Wildman–Crippen MR) is 103 cm³/mol. The molecule has 0 fully saturated rings. The summed E-state index contributed by atoms with van der Waals surface area (Å²) in [4.78, 5) is 4.37. The van der Waals surface area contributed by atoms with Gasteiger partial charge in [0.1, 0.15) is 0 Å². The number of anilines is 3. The summed E-state index contributed by atoms with van der Waals surface area (Å²) in [6.45, 7) is 0.680. The Labute approximate surface area is 160 Å². The maximum atomic E-state index is 6.01.